The van der Waals surface area contributed by atoms with Crippen molar-refractivity contribution >= 4 is 35.3 Å². The van der Waals surface area contributed by atoms with Gasteiger partial charge in [-0.3, -0.25) is 34.2 Å². The van der Waals surface area contributed by atoms with Gasteiger partial charge in [-0.1, -0.05) is 6.07 Å². The smallest absolute Gasteiger partial charge is 0.306 e. The third-order valence-electron chi connectivity index (χ3n) is 7.31. The van der Waals surface area contributed by atoms with Gasteiger partial charge in [-0.15, -0.1) is 0 Å². The summed E-state index contributed by atoms with van der Waals surface area (Å²) in [6.45, 7) is 6.23. The lowest BCUT2D eigenvalue weighted by Crippen LogP contribution is -2.65. The molecule has 1 unspecified atom stereocenters. The summed E-state index contributed by atoms with van der Waals surface area (Å²) < 4.78 is 5.47. The Morgan fingerprint density at radius 1 is 1.12 bits per heavy atom. The molecular weight excluding hydrogens is 438 g/mol. The summed E-state index contributed by atoms with van der Waals surface area (Å²) in [6, 6.07) is 4.08. The highest BCUT2D eigenvalue weighted by atomic mass is 16.6. The van der Waals surface area contributed by atoms with Crippen molar-refractivity contribution in [2.24, 2.45) is 10.8 Å². The molecule has 0 spiro atoms. The zero-order valence-corrected chi connectivity index (χ0v) is 19.7. The molecule has 3 aliphatic carbocycles. The zero-order chi connectivity index (χ0) is 24.5. The summed E-state index contributed by atoms with van der Waals surface area (Å²) in [4.78, 5) is 63.1. The number of rotatable bonds is 6. The standard InChI is InChI=1S/C25H29N3O6/c1-23(2,3)34-18(30)9-24-10-25(11-24,12-24)13-26-15-6-4-5-14-19(15)22(33)28(21(14)32)16-7-8-17(29)27-20(16)31/h4-6,16,26H,7-13H2,1-3H3,(H,27,29,31). The van der Waals surface area contributed by atoms with Crippen LogP contribution in [0.2, 0.25) is 0 Å². The first-order valence-electron chi connectivity index (χ1n) is 11.7. The highest BCUT2D eigenvalue weighted by Crippen LogP contribution is 2.74. The number of amides is 4. The highest BCUT2D eigenvalue weighted by molar-refractivity contribution is 6.25. The van der Waals surface area contributed by atoms with Gasteiger partial charge in [-0.25, -0.2) is 0 Å². The third kappa shape index (κ3) is 3.67. The summed E-state index contributed by atoms with van der Waals surface area (Å²) >= 11 is 0. The Morgan fingerprint density at radius 3 is 2.47 bits per heavy atom. The number of piperidine rings is 1. The number of nitrogens with zero attached hydrogens (tertiary/aromatic N) is 1. The minimum Gasteiger partial charge on any atom is -0.460 e. The topological polar surface area (TPSA) is 122 Å². The molecule has 2 bridgehead atoms. The monoisotopic (exact) mass is 467 g/mol. The van der Waals surface area contributed by atoms with Gasteiger partial charge in [-0.05, 0) is 69.4 Å². The van der Waals surface area contributed by atoms with E-state index in [1.165, 1.54) is 0 Å². The molecule has 9 nitrogen and oxygen atoms in total. The molecule has 1 saturated heterocycles. The summed E-state index contributed by atoms with van der Waals surface area (Å²) in [5.74, 6) is -2.21. The van der Waals surface area contributed by atoms with Crippen LogP contribution >= 0.6 is 0 Å². The first-order valence-corrected chi connectivity index (χ1v) is 11.7. The fourth-order valence-corrected chi connectivity index (χ4v) is 6.23. The molecule has 34 heavy (non-hydrogen) atoms. The SMILES string of the molecule is CC(C)(C)OC(=O)CC12CC(CNc3cccc4c3C(=O)N(C3CCC(=O)NC3=O)C4=O)(C1)C2. The molecule has 1 atom stereocenters. The molecular formula is C25H29N3O6. The largest absolute Gasteiger partial charge is 0.460 e. The normalized spacial score (nSPS) is 29.7. The Kier molecular flexibility index (Phi) is 4.90. The predicted molar refractivity (Wildman–Crippen MR) is 121 cm³/mol. The molecule has 0 aromatic heterocycles. The Bertz CT molecular complexity index is 1110. The average Bonchev–Trinajstić information content (AvgIpc) is 2.93. The molecule has 2 aliphatic heterocycles. The molecule has 4 amide bonds. The van der Waals surface area contributed by atoms with Crippen LogP contribution in [-0.2, 0) is 19.1 Å². The summed E-state index contributed by atoms with van der Waals surface area (Å²) in [7, 11) is 0. The van der Waals surface area contributed by atoms with E-state index in [1.54, 1.807) is 18.2 Å². The molecule has 180 valence electrons. The van der Waals surface area contributed by atoms with E-state index in [9.17, 15) is 24.0 Å². The number of carbonyl (C=O) groups excluding carboxylic acids is 5. The van der Waals surface area contributed by atoms with Crippen LogP contribution in [0.5, 0.6) is 0 Å². The van der Waals surface area contributed by atoms with E-state index >= 15 is 0 Å². The molecule has 1 aromatic rings. The van der Waals surface area contributed by atoms with Crippen molar-refractivity contribution in [3.63, 3.8) is 0 Å². The van der Waals surface area contributed by atoms with E-state index in [2.05, 4.69) is 10.6 Å². The molecule has 4 fully saturated rings. The van der Waals surface area contributed by atoms with Gasteiger partial charge in [-0.2, -0.15) is 0 Å². The van der Waals surface area contributed by atoms with Gasteiger partial charge in [0.2, 0.25) is 11.8 Å². The number of hydrogen-bond donors (Lipinski definition) is 2. The van der Waals surface area contributed by atoms with E-state index in [1.807, 2.05) is 20.8 Å². The van der Waals surface area contributed by atoms with E-state index in [0.29, 0.717) is 18.7 Å². The summed E-state index contributed by atoms with van der Waals surface area (Å²) in [5, 5.41) is 5.57. The van der Waals surface area contributed by atoms with Crippen molar-refractivity contribution in [3.05, 3.63) is 29.3 Å². The molecule has 0 radical (unpaired) electrons. The lowest BCUT2D eigenvalue weighted by molar-refractivity contribution is -0.210. The predicted octanol–water partition coefficient (Wildman–Crippen LogP) is 2.40. The van der Waals surface area contributed by atoms with E-state index in [4.69, 9.17) is 4.74 Å². The van der Waals surface area contributed by atoms with Gasteiger partial charge >= 0.3 is 5.97 Å². The molecule has 2 heterocycles. The fraction of sp³-hybridized carbons (Fsp3) is 0.560. The number of imide groups is 2. The quantitative estimate of drug-likeness (QED) is 0.487. The summed E-state index contributed by atoms with van der Waals surface area (Å²) in [5.41, 5.74) is 0.721. The van der Waals surface area contributed by atoms with Crippen molar-refractivity contribution in [2.75, 3.05) is 11.9 Å². The lowest BCUT2D eigenvalue weighted by Gasteiger charge is -2.71. The van der Waals surface area contributed by atoms with Gasteiger partial charge in [0.25, 0.3) is 11.8 Å². The third-order valence-corrected chi connectivity index (χ3v) is 7.31. The van der Waals surface area contributed by atoms with Crippen molar-refractivity contribution < 1.29 is 28.7 Å². The maximum atomic E-state index is 13.2. The van der Waals surface area contributed by atoms with Crippen molar-refractivity contribution in [2.45, 2.75) is 70.9 Å². The van der Waals surface area contributed by atoms with Crippen LogP contribution in [0.3, 0.4) is 0 Å². The molecule has 2 N–H and O–H groups in total. The maximum absolute atomic E-state index is 13.2. The molecule has 1 aromatic carbocycles. The Morgan fingerprint density at radius 2 is 1.82 bits per heavy atom. The van der Waals surface area contributed by atoms with Crippen LogP contribution in [0.15, 0.2) is 18.2 Å². The minimum absolute atomic E-state index is 0.0248. The number of carbonyl (C=O) groups is 5. The Balaban J connectivity index is 1.23. The van der Waals surface area contributed by atoms with Gasteiger partial charge < -0.3 is 10.1 Å². The fourth-order valence-electron chi connectivity index (χ4n) is 6.23. The van der Waals surface area contributed by atoms with Gasteiger partial charge in [0, 0.05) is 18.7 Å². The Labute approximate surface area is 197 Å². The van der Waals surface area contributed by atoms with E-state index < -0.39 is 35.3 Å². The number of esters is 1. The number of benzene rings is 1. The van der Waals surface area contributed by atoms with Crippen LogP contribution in [-0.4, -0.2) is 52.7 Å². The number of anilines is 1. The van der Waals surface area contributed by atoms with Gasteiger partial charge in [0.05, 0.1) is 17.5 Å². The maximum Gasteiger partial charge on any atom is 0.306 e. The highest BCUT2D eigenvalue weighted by Gasteiger charge is 2.67. The second-order valence-corrected chi connectivity index (χ2v) is 11.3. The summed E-state index contributed by atoms with van der Waals surface area (Å²) in [6.07, 6.45) is 3.43. The van der Waals surface area contributed by atoms with Crippen LogP contribution in [0.1, 0.15) is 80.0 Å². The number of hydrogen-bond acceptors (Lipinski definition) is 7. The van der Waals surface area contributed by atoms with E-state index in [0.717, 1.165) is 24.2 Å². The van der Waals surface area contributed by atoms with Crippen LogP contribution in [0.25, 0.3) is 0 Å². The van der Waals surface area contributed by atoms with Crippen molar-refractivity contribution in [3.8, 4) is 0 Å². The van der Waals surface area contributed by atoms with Gasteiger partial charge in [0.15, 0.2) is 0 Å². The van der Waals surface area contributed by atoms with Crippen LogP contribution in [0.4, 0.5) is 5.69 Å². The average molecular weight is 468 g/mol. The number of nitrogens with one attached hydrogen (secondary N) is 2. The second-order valence-electron chi connectivity index (χ2n) is 11.3. The molecule has 3 saturated carbocycles. The van der Waals surface area contributed by atoms with Crippen LogP contribution < -0.4 is 10.6 Å². The van der Waals surface area contributed by atoms with Crippen molar-refractivity contribution in [1.29, 1.82) is 0 Å². The second kappa shape index (κ2) is 7.38. The zero-order valence-electron chi connectivity index (χ0n) is 19.7. The first kappa shape index (κ1) is 22.6. The number of ether oxygens (including phenoxy) is 1. The number of fused-ring (bicyclic) bond motifs is 1. The van der Waals surface area contributed by atoms with E-state index in [-0.39, 0.29) is 40.8 Å². The molecule has 6 rings (SSSR count). The lowest BCUT2D eigenvalue weighted by atomic mass is 9.34. The molecule has 5 aliphatic rings. The van der Waals surface area contributed by atoms with Gasteiger partial charge in [0.1, 0.15) is 11.6 Å². The minimum atomic E-state index is -0.983. The first-order chi connectivity index (χ1) is 15.9. The van der Waals surface area contributed by atoms with Crippen molar-refractivity contribution in [1.82, 2.24) is 10.2 Å². The van der Waals surface area contributed by atoms with Crippen LogP contribution in [0, 0.1) is 10.8 Å². The molecule has 9 heteroatoms. The Hall–Kier alpha value is -3.23.